The Morgan fingerprint density at radius 1 is 1.07 bits per heavy atom. The van der Waals surface area contributed by atoms with Gasteiger partial charge in [0.25, 0.3) is 15.9 Å². The first-order valence-corrected chi connectivity index (χ1v) is 16.4. The number of sulfonamides is 1. The van der Waals surface area contributed by atoms with Crippen molar-refractivity contribution in [2.24, 2.45) is 11.8 Å². The zero-order valence-electron chi connectivity index (χ0n) is 23.6. The molecule has 0 aliphatic heterocycles. The molecule has 0 spiro atoms. The van der Waals surface area contributed by atoms with Gasteiger partial charge in [-0.15, -0.1) is 11.3 Å². The molecule has 3 N–H and O–H groups in total. The van der Waals surface area contributed by atoms with E-state index in [-0.39, 0.29) is 16.2 Å². The molecule has 2 aliphatic rings. The summed E-state index contributed by atoms with van der Waals surface area (Å²) >= 11 is 1.25. The van der Waals surface area contributed by atoms with Gasteiger partial charge < -0.3 is 15.0 Å². The number of benzene rings is 1. The molecule has 8 nitrogen and oxygen atoms in total. The maximum atomic E-state index is 13.5. The Morgan fingerprint density at radius 3 is 2.35 bits per heavy atom. The molecular weight excluding hydrogens is 546 g/mol. The Labute approximate surface area is 240 Å². The molecule has 0 unspecified atom stereocenters. The van der Waals surface area contributed by atoms with Crippen molar-refractivity contribution in [1.29, 1.82) is 0 Å². The first-order chi connectivity index (χ1) is 18.8. The summed E-state index contributed by atoms with van der Waals surface area (Å²) in [6, 6.07) is 9.30. The van der Waals surface area contributed by atoms with Crippen LogP contribution in [0, 0.1) is 18.8 Å². The Bertz CT molecular complexity index is 1530. The maximum Gasteiger partial charge on any atom is 0.306 e. The van der Waals surface area contributed by atoms with Gasteiger partial charge in [-0.2, -0.15) is 0 Å². The van der Waals surface area contributed by atoms with Crippen molar-refractivity contribution in [3.63, 3.8) is 0 Å². The van der Waals surface area contributed by atoms with Gasteiger partial charge in [-0.25, -0.2) is 13.1 Å². The molecule has 2 saturated carbocycles. The number of carbonyl (C=O) groups is 2. The summed E-state index contributed by atoms with van der Waals surface area (Å²) < 4.78 is 32.3. The zero-order chi connectivity index (χ0) is 28.8. The van der Waals surface area contributed by atoms with E-state index < -0.39 is 27.4 Å². The highest BCUT2D eigenvalue weighted by molar-refractivity contribution is 7.92. The van der Waals surface area contributed by atoms with Crippen LogP contribution in [0.1, 0.15) is 81.8 Å². The van der Waals surface area contributed by atoms with Crippen LogP contribution in [-0.4, -0.2) is 41.5 Å². The van der Waals surface area contributed by atoms with Crippen LogP contribution in [0.5, 0.6) is 0 Å². The van der Waals surface area contributed by atoms with Gasteiger partial charge in [-0.3, -0.25) is 9.59 Å². The lowest BCUT2D eigenvalue weighted by Crippen LogP contribution is -2.46. The molecule has 0 radical (unpaired) electrons. The number of fused-ring (bicyclic) bond motifs is 1. The minimum Gasteiger partial charge on any atom is -0.481 e. The lowest BCUT2D eigenvalue weighted by Gasteiger charge is -2.32. The van der Waals surface area contributed by atoms with Gasteiger partial charge in [0.2, 0.25) is 0 Å². The number of rotatable bonds is 8. The van der Waals surface area contributed by atoms with E-state index in [1.54, 1.807) is 0 Å². The van der Waals surface area contributed by atoms with Crippen molar-refractivity contribution in [2.75, 3.05) is 0 Å². The minimum absolute atomic E-state index is 0.152. The molecule has 10 heteroatoms. The van der Waals surface area contributed by atoms with Crippen LogP contribution >= 0.6 is 11.3 Å². The van der Waals surface area contributed by atoms with Gasteiger partial charge in [-0.1, -0.05) is 43.5 Å². The number of nitrogens with one attached hydrogen (secondary N) is 2. The van der Waals surface area contributed by atoms with E-state index in [4.69, 9.17) is 0 Å². The molecule has 2 fully saturated rings. The summed E-state index contributed by atoms with van der Waals surface area (Å²) in [5.41, 5.74) is 1.62. The van der Waals surface area contributed by atoms with Crippen molar-refractivity contribution in [3.05, 3.63) is 41.6 Å². The lowest BCUT2D eigenvalue weighted by atomic mass is 9.80. The van der Waals surface area contributed by atoms with Crippen molar-refractivity contribution in [1.82, 2.24) is 14.6 Å². The summed E-state index contributed by atoms with van der Waals surface area (Å²) in [5, 5.41) is 13.8. The maximum absolute atomic E-state index is 13.5. The SMILES string of the molecule is Cc1c(C(=O)N[C@H]2C[C@H](C(=O)O)C2)cc(-c2sc(S(=O)(=O)NC(C)(C)C)c3ccccc23)n1CC1CCCCC1. The number of carboxylic acids is 1. The van der Waals surface area contributed by atoms with Crippen LogP contribution in [0.15, 0.2) is 34.5 Å². The number of carbonyl (C=O) groups excluding carboxylic acids is 1. The zero-order valence-corrected chi connectivity index (χ0v) is 25.3. The van der Waals surface area contributed by atoms with Crippen molar-refractivity contribution in [2.45, 2.75) is 95.0 Å². The third kappa shape index (κ3) is 5.85. The monoisotopic (exact) mass is 585 g/mol. The van der Waals surface area contributed by atoms with E-state index in [1.165, 1.54) is 30.6 Å². The Balaban J connectivity index is 1.58. The molecule has 40 heavy (non-hydrogen) atoms. The Hall–Kier alpha value is -2.69. The highest BCUT2D eigenvalue weighted by Crippen LogP contribution is 2.43. The molecule has 0 saturated heterocycles. The Kier molecular flexibility index (Phi) is 7.89. The molecule has 0 atom stereocenters. The fraction of sp³-hybridized carbons (Fsp3) is 0.533. The van der Waals surface area contributed by atoms with Crippen molar-refractivity contribution >= 4 is 44.0 Å². The largest absolute Gasteiger partial charge is 0.481 e. The predicted octanol–water partition coefficient (Wildman–Crippen LogP) is 5.93. The van der Waals surface area contributed by atoms with Crippen molar-refractivity contribution < 1.29 is 23.1 Å². The van der Waals surface area contributed by atoms with Crippen LogP contribution in [0.2, 0.25) is 0 Å². The van der Waals surface area contributed by atoms with Gasteiger partial charge >= 0.3 is 5.97 Å². The topological polar surface area (TPSA) is 118 Å². The highest BCUT2D eigenvalue weighted by Gasteiger charge is 2.36. The van der Waals surface area contributed by atoms with E-state index in [0.717, 1.165) is 41.0 Å². The summed E-state index contributed by atoms with van der Waals surface area (Å²) in [7, 11) is -3.78. The second-order valence-corrected chi connectivity index (χ2v) is 15.3. The molecule has 1 aromatic carbocycles. The number of aromatic nitrogens is 1. The molecule has 5 rings (SSSR count). The number of hydrogen-bond acceptors (Lipinski definition) is 5. The summed E-state index contributed by atoms with van der Waals surface area (Å²) in [5.74, 6) is -0.941. The fourth-order valence-electron chi connectivity index (χ4n) is 6.03. The van der Waals surface area contributed by atoms with E-state index >= 15 is 0 Å². The second kappa shape index (κ2) is 10.9. The molecular formula is C30H39N3O5S2. The lowest BCUT2D eigenvalue weighted by molar-refractivity contribution is -0.145. The van der Waals surface area contributed by atoms with Crippen LogP contribution in [-0.2, 0) is 21.4 Å². The van der Waals surface area contributed by atoms with Crippen LogP contribution in [0.4, 0.5) is 0 Å². The molecule has 216 valence electrons. The summed E-state index contributed by atoms with van der Waals surface area (Å²) in [6.45, 7) is 8.20. The van der Waals surface area contributed by atoms with E-state index in [9.17, 15) is 23.1 Å². The Morgan fingerprint density at radius 2 is 1.73 bits per heavy atom. The fourth-order valence-corrected chi connectivity index (χ4v) is 9.24. The average molecular weight is 586 g/mol. The number of thiophene rings is 1. The minimum atomic E-state index is -3.78. The van der Waals surface area contributed by atoms with Crippen LogP contribution < -0.4 is 10.0 Å². The first-order valence-electron chi connectivity index (χ1n) is 14.1. The average Bonchev–Trinajstić information content (AvgIpc) is 3.39. The predicted molar refractivity (Wildman–Crippen MR) is 158 cm³/mol. The molecule has 2 heterocycles. The van der Waals surface area contributed by atoms with E-state index in [0.29, 0.717) is 29.7 Å². The van der Waals surface area contributed by atoms with Gasteiger partial charge in [-0.05, 0) is 65.4 Å². The number of carboxylic acid groups (broad SMARTS) is 1. The third-order valence-electron chi connectivity index (χ3n) is 8.10. The second-order valence-electron chi connectivity index (χ2n) is 12.4. The van der Waals surface area contributed by atoms with E-state index in [1.807, 2.05) is 58.0 Å². The first kappa shape index (κ1) is 28.8. The van der Waals surface area contributed by atoms with Gasteiger partial charge in [0.15, 0.2) is 0 Å². The molecule has 2 aliphatic carbocycles. The number of hydrogen-bond donors (Lipinski definition) is 3. The number of aliphatic carboxylic acids is 1. The number of nitrogens with zero attached hydrogens (tertiary/aromatic N) is 1. The number of amides is 1. The molecule has 3 aromatic rings. The van der Waals surface area contributed by atoms with Gasteiger partial charge in [0.05, 0.1) is 22.1 Å². The summed E-state index contributed by atoms with van der Waals surface area (Å²) in [6.07, 6.45) is 6.79. The normalized spacial score (nSPS) is 20.4. The summed E-state index contributed by atoms with van der Waals surface area (Å²) in [4.78, 5) is 25.5. The molecule has 0 bridgehead atoms. The smallest absolute Gasteiger partial charge is 0.306 e. The highest BCUT2D eigenvalue weighted by atomic mass is 32.2. The van der Waals surface area contributed by atoms with Crippen molar-refractivity contribution in [3.8, 4) is 10.6 Å². The quantitative estimate of drug-likeness (QED) is 0.303. The van der Waals surface area contributed by atoms with Crippen LogP contribution in [0.3, 0.4) is 0 Å². The third-order valence-corrected chi connectivity index (χ3v) is 11.6. The van der Waals surface area contributed by atoms with E-state index in [2.05, 4.69) is 14.6 Å². The van der Waals surface area contributed by atoms with Crippen LogP contribution in [0.25, 0.3) is 21.3 Å². The molecule has 1 amide bonds. The standard InChI is InChI=1S/C30H39N3O5S2/c1-18-24(27(34)31-21-14-20(15-21)28(35)36)16-25(33(18)17-19-10-6-5-7-11-19)26-22-12-8-9-13-23(22)29(39-26)40(37,38)32-30(2,3)4/h8-9,12-13,16,19-21,32H,5-7,10-11,14-15,17H2,1-4H3,(H,31,34)(H,35,36)/t20-,21-. The molecule has 2 aromatic heterocycles. The van der Waals surface area contributed by atoms with Gasteiger partial charge in [0.1, 0.15) is 4.21 Å². The van der Waals surface area contributed by atoms with Gasteiger partial charge in [0, 0.05) is 34.6 Å².